The highest BCUT2D eigenvalue weighted by Gasteiger charge is 2.19. The third-order valence-electron chi connectivity index (χ3n) is 3.22. The van der Waals surface area contributed by atoms with Gasteiger partial charge in [0.1, 0.15) is 5.82 Å². The first-order valence-corrected chi connectivity index (χ1v) is 6.24. The third kappa shape index (κ3) is 2.88. The molecule has 0 amide bonds. The zero-order valence-corrected chi connectivity index (χ0v) is 10.2. The molecule has 88 valence electrons. The van der Waals surface area contributed by atoms with Gasteiger partial charge in [-0.05, 0) is 37.0 Å². The van der Waals surface area contributed by atoms with Crippen molar-refractivity contribution in [2.24, 2.45) is 5.92 Å². The molecule has 2 atom stereocenters. The van der Waals surface area contributed by atoms with Crippen LogP contribution < -0.4 is 5.32 Å². The fourth-order valence-corrected chi connectivity index (χ4v) is 2.57. The molecule has 1 N–H and O–H groups in total. The summed E-state index contributed by atoms with van der Waals surface area (Å²) in [5.74, 6) is 0.510. The van der Waals surface area contributed by atoms with Crippen molar-refractivity contribution in [3.63, 3.8) is 0 Å². The van der Waals surface area contributed by atoms with E-state index < -0.39 is 0 Å². The van der Waals surface area contributed by atoms with E-state index in [2.05, 4.69) is 12.2 Å². The maximum Gasteiger partial charge on any atom is 0.146 e. The number of benzene rings is 1. The number of hydrogen-bond acceptors (Lipinski definition) is 1. The smallest absolute Gasteiger partial charge is 0.146 e. The molecule has 1 aliphatic carbocycles. The van der Waals surface area contributed by atoms with E-state index in [-0.39, 0.29) is 5.82 Å². The molecule has 1 aliphatic rings. The van der Waals surface area contributed by atoms with E-state index in [1.807, 2.05) is 0 Å². The Balaban J connectivity index is 2.05. The molecule has 3 heteroatoms. The SMILES string of the molecule is CC1CCCC(Nc2cc(Cl)ccc2F)C1. The van der Waals surface area contributed by atoms with Gasteiger partial charge in [-0.1, -0.05) is 31.4 Å². The van der Waals surface area contributed by atoms with E-state index in [1.165, 1.54) is 18.9 Å². The van der Waals surface area contributed by atoms with Crippen molar-refractivity contribution in [1.29, 1.82) is 0 Å². The van der Waals surface area contributed by atoms with E-state index in [0.29, 0.717) is 16.8 Å². The molecule has 0 spiro atoms. The first-order chi connectivity index (χ1) is 7.65. The Hall–Kier alpha value is -0.760. The van der Waals surface area contributed by atoms with E-state index in [1.54, 1.807) is 12.1 Å². The molecule has 16 heavy (non-hydrogen) atoms. The highest BCUT2D eigenvalue weighted by atomic mass is 35.5. The maximum absolute atomic E-state index is 13.5. The first kappa shape index (κ1) is 11.7. The number of hydrogen-bond donors (Lipinski definition) is 1. The Bertz CT molecular complexity index is 367. The summed E-state index contributed by atoms with van der Waals surface area (Å²) in [5.41, 5.74) is 0.534. The average Bonchev–Trinajstić information content (AvgIpc) is 2.24. The van der Waals surface area contributed by atoms with Gasteiger partial charge in [0.2, 0.25) is 0 Å². The second-order valence-electron chi connectivity index (χ2n) is 4.74. The first-order valence-electron chi connectivity index (χ1n) is 5.87. The van der Waals surface area contributed by atoms with Crippen LogP contribution in [0.4, 0.5) is 10.1 Å². The summed E-state index contributed by atoms with van der Waals surface area (Å²) in [6.07, 6.45) is 4.75. The van der Waals surface area contributed by atoms with Crippen molar-refractivity contribution in [3.05, 3.63) is 29.0 Å². The summed E-state index contributed by atoms with van der Waals surface area (Å²) < 4.78 is 13.5. The Morgan fingerprint density at radius 1 is 1.38 bits per heavy atom. The lowest BCUT2D eigenvalue weighted by Crippen LogP contribution is -2.26. The molecule has 2 unspecified atom stereocenters. The molecular formula is C13H17ClFN. The van der Waals surface area contributed by atoms with Gasteiger partial charge in [-0.3, -0.25) is 0 Å². The van der Waals surface area contributed by atoms with E-state index in [0.717, 1.165) is 18.8 Å². The summed E-state index contributed by atoms with van der Waals surface area (Å²) in [6.45, 7) is 2.25. The predicted molar refractivity (Wildman–Crippen MR) is 66.5 cm³/mol. The lowest BCUT2D eigenvalue weighted by Gasteiger charge is -2.28. The standard InChI is InChI=1S/C13H17ClFN/c1-9-3-2-4-11(7-9)16-13-8-10(14)5-6-12(13)15/h5-6,8-9,11,16H,2-4,7H2,1H3. The third-order valence-corrected chi connectivity index (χ3v) is 3.46. The molecule has 2 rings (SSSR count). The predicted octanol–water partition coefficient (Wildman–Crippen LogP) is 4.47. The van der Waals surface area contributed by atoms with Crippen LogP contribution in [0, 0.1) is 11.7 Å². The highest BCUT2D eigenvalue weighted by Crippen LogP contribution is 2.28. The van der Waals surface area contributed by atoms with Gasteiger partial charge in [0.05, 0.1) is 5.69 Å². The van der Waals surface area contributed by atoms with Gasteiger partial charge in [-0.2, -0.15) is 0 Å². The fourth-order valence-electron chi connectivity index (χ4n) is 2.39. The molecule has 1 saturated carbocycles. The number of rotatable bonds is 2. The minimum Gasteiger partial charge on any atom is -0.380 e. The van der Waals surface area contributed by atoms with Gasteiger partial charge in [0.15, 0.2) is 0 Å². The van der Waals surface area contributed by atoms with E-state index in [4.69, 9.17) is 11.6 Å². The quantitative estimate of drug-likeness (QED) is 0.806. The zero-order valence-electron chi connectivity index (χ0n) is 9.47. The molecule has 1 aromatic rings. The fraction of sp³-hybridized carbons (Fsp3) is 0.538. The molecule has 0 radical (unpaired) electrons. The Morgan fingerprint density at radius 3 is 2.94 bits per heavy atom. The van der Waals surface area contributed by atoms with Gasteiger partial charge in [-0.25, -0.2) is 4.39 Å². The second kappa shape index (κ2) is 5.05. The van der Waals surface area contributed by atoms with Crippen LogP contribution in [0.2, 0.25) is 5.02 Å². The van der Waals surface area contributed by atoms with Crippen molar-refractivity contribution in [2.45, 2.75) is 38.6 Å². The summed E-state index contributed by atoms with van der Waals surface area (Å²) in [7, 11) is 0. The van der Waals surface area contributed by atoms with Crippen LogP contribution in [0.25, 0.3) is 0 Å². The van der Waals surface area contributed by atoms with Gasteiger partial charge >= 0.3 is 0 Å². The number of halogens is 2. The second-order valence-corrected chi connectivity index (χ2v) is 5.17. The van der Waals surface area contributed by atoms with Crippen molar-refractivity contribution >= 4 is 17.3 Å². The van der Waals surface area contributed by atoms with Crippen LogP contribution in [-0.2, 0) is 0 Å². The van der Waals surface area contributed by atoms with Crippen molar-refractivity contribution < 1.29 is 4.39 Å². The van der Waals surface area contributed by atoms with Crippen LogP contribution >= 0.6 is 11.6 Å². The van der Waals surface area contributed by atoms with Gasteiger partial charge in [0, 0.05) is 11.1 Å². The summed E-state index contributed by atoms with van der Waals surface area (Å²) in [6, 6.07) is 5.04. The average molecular weight is 242 g/mol. The van der Waals surface area contributed by atoms with E-state index in [9.17, 15) is 4.39 Å². The van der Waals surface area contributed by atoms with Gasteiger partial charge in [0.25, 0.3) is 0 Å². The van der Waals surface area contributed by atoms with Crippen LogP contribution in [0.3, 0.4) is 0 Å². The lowest BCUT2D eigenvalue weighted by molar-refractivity contribution is 0.358. The largest absolute Gasteiger partial charge is 0.380 e. The topological polar surface area (TPSA) is 12.0 Å². The molecule has 1 aromatic carbocycles. The maximum atomic E-state index is 13.5. The lowest BCUT2D eigenvalue weighted by atomic mass is 9.87. The summed E-state index contributed by atoms with van der Waals surface area (Å²) >= 11 is 5.86. The van der Waals surface area contributed by atoms with Crippen LogP contribution in [0.15, 0.2) is 18.2 Å². The minimum atomic E-state index is -0.220. The Labute approximate surface area is 101 Å². The Kier molecular flexibility index (Phi) is 3.70. The van der Waals surface area contributed by atoms with Crippen molar-refractivity contribution in [3.8, 4) is 0 Å². The van der Waals surface area contributed by atoms with Crippen molar-refractivity contribution in [2.75, 3.05) is 5.32 Å². The zero-order chi connectivity index (χ0) is 11.5. The van der Waals surface area contributed by atoms with Crippen LogP contribution in [0.5, 0.6) is 0 Å². The monoisotopic (exact) mass is 241 g/mol. The van der Waals surface area contributed by atoms with Crippen LogP contribution in [0.1, 0.15) is 32.6 Å². The normalized spacial score (nSPS) is 25.4. The molecule has 0 aliphatic heterocycles. The Morgan fingerprint density at radius 2 is 2.19 bits per heavy atom. The highest BCUT2D eigenvalue weighted by molar-refractivity contribution is 6.30. The minimum absolute atomic E-state index is 0.220. The van der Waals surface area contributed by atoms with Gasteiger partial charge in [-0.15, -0.1) is 0 Å². The molecule has 0 aromatic heterocycles. The number of anilines is 1. The molecule has 0 saturated heterocycles. The molecule has 1 nitrogen and oxygen atoms in total. The summed E-state index contributed by atoms with van der Waals surface area (Å²) in [5, 5.41) is 3.84. The molecule has 0 bridgehead atoms. The number of nitrogens with one attached hydrogen (secondary N) is 1. The summed E-state index contributed by atoms with van der Waals surface area (Å²) in [4.78, 5) is 0. The van der Waals surface area contributed by atoms with Gasteiger partial charge < -0.3 is 5.32 Å². The molecule has 0 heterocycles. The van der Waals surface area contributed by atoms with Crippen molar-refractivity contribution in [1.82, 2.24) is 0 Å². The molecule has 1 fully saturated rings. The van der Waals surface area contributed by atoms with Crippen LogP contribution in [-0.4, -0.2) is 6.04 Å². The van der Waals surface area contributed by atoms with E-state index >= 15 is 0 Å². The molecular weight excluding hydrogens is 225 g/mol.